The topological polar surface area (TPSA) is 116 Å². The molecule has 2 aliphatic rings. The Morgan fingerprint density at radius 3 is 2.61 bits per heavy atom. The maximum absolute atomic E-state index is 11.5. The molecule has 0 fully saturated rings. The molecule has 3 rings (SSSR count). The van der Waals surface area contributed by atoms with E-state index in [1.165, 1.54) is 12.1 Å². The van der Waals surface area contributed by atoms with Crippen molar-refractivity contribution < 1.29 is 9.52 Å². The number of aromatic amines is 2. The number of phenolic OH excluding ortho intramolecular Hbond substituents is 1. The van der Waals surface area contributed by atoms with Crippen molar-refractivity contribution in [3.05, 3.63) is 49.3 Å². The van der Waals surface area contributed by atoms with E-state index in [9.17, 15) is 19.5 Å². The van der Waals surface area contributed by atoms with Gasteiger partial charge in [0.05, 0.1) is 0 Å². The fourth-order valence-electron chi connectivity index (χ4n) is 1.72. The Kier molecular flexibility index (Phi) is 1.91. The van der Waals surface area contributed by atoms with Gasteiger partial charge in [0, 0.05) is 11.6 Å². The zero-order valence-corrected chi connectivity index (χ0v) is 8.81. The maximum Gasteiger partial charge on any atom is 0.328 e. The number of hydrogen-bond donors (Lipinski definition) is 3. The van der Waals surface area contributed by atoms with Crippen LogP contribution >= 0.6 is 0 Å². The number of aromatic nitrogens is 2. The molecule has 2 heterocycles. The molecule has 0 saturated carbocycles. The van der Waals surface area contributed by atoms with Gasteiger partial charge in [0.25, 0.3) is 5.56 Å². The predicted molar refractivity (Wildman–Crippen MR) is 62.0 cm³/mol. The van der Waals surface area contributed by atoms with Crippen LogP contribution in [0.2, 0.25) is 0 Å². The second kappa shape index (κ2) is 3.33. The predicted octanol–water partition coefficient (Wildman–Crippen LogP) is -0.0200. The highest BCUT2D eigenvalue weighted by atomic mass is 16.3. The summed E-state index contributed by atoms with van der Waals surface area (Å²) in [5, 5.41) is 9.43. The number of rotatable bonds is 0. The zero-order chi connectivity index (χ0) is 12.9. The van der Waals surface area contributed by atoms with Crippen molar-refractivity contribution in [3.63, 3.8) is 0 Å². The number of nitrogens with one attached hydrogen (secondary N) is 2. The van der Waals surface area contributed by atoms with Gasteiger partial charge in [0.1, 0.15) is 11.1 Å². The van der Waals surface area contributed by atoms with Gasteiger partial charge in [-0.25, -0.2) is 4.79 Å². The second-order valence-corrected chi connectivity index (χ2v) is 3.76. The van der Waals surface area contributed by atoms with E-state index in [1.807, 2.05) is 0 Å². The first kappa shape index (κ1) is 10.3. The summed E-state index contributed by atoms with van der Waals surface area (Å²) >= 11 is 0. The summed E-state index contributed by atoms with van der Waals surface area (Å²) in [7, 11) is 0. The molecule has 0 saturated heterocycles. The summed E-state index contributed by atoms with van der Waals surface area (Å²) in [6.45, 7) is 0. The highest BCUT2D eigenvalue weighted by Crippen LogP contribution is 2.26. The van der Waals surface area contributed by atoms with Gasteiger partial charge in [-0.15, -0.1) is 0 Å². The fourth-order valence-corrected chi connectivity index (χ4v) is 1.72. The Labute approximate surface area is 97.7 Å². The summed E-state index contributed by atoms with van der Waals surface area (Å²) < 4.78 is 5.26. The minimum Gasteiger partial charge on any atom is -0.504 e. The molecule has 3 N–H and O–H groups in total. The normalized spacial score (nSPS) is 11.1. The van der Waals surface area contributed by atoms with Gasteiger partial charge < -0.3 is 9.52 Å². The van der Waals surface area contributed by atoms with E-state index in [-0.39, 0.29) is 16.9 Å². The van der Waals surface area contributed by atoms with E-state index in [1.54, 1.807) is 0 Å². The molecule has 0 atom stereocenters. The number of phenols is 1. The van der Waals surface area contributed by atoms with Crippen LogP contribution in [0.15, 0.2) is 37.0 Å². The van der Waals surface area contributed by atoms with Crippen LogP contribution in [0.5, 0.6) is 5.75 Å². The number of hydrogen-bond acceptors (Lipinski definition) is 5. The maximum atomic E-state index is 11.5. The Balaban J connectivity index is 2.57. The summed E-state index contributed by atoms with van der Waals surface area (Å²) in [6.07, 6.45) is 0. The molecule has 18 heavy (non-hydrogen) atoms. The highest BCUT2D eigenvalue weighted by molar-refractivity contribution is 5.79. The third-order valence-corrected chi connectivity index (χ3v) is 2.55. The molecule has 7 nitrogen and oxygen atoms in total. The quantitative estimate of drug-likeness (QED) is 0.482. The molecule has 0 radical (unpaired) electrons. The summed E-state index contributed by atoms with van der Waals surface area (Å²) in [5.41, 5.74) is -1.54. The van der Waals surface area contributed by atoms with Gasteiger partial charge in [0.15, 0.2) is 5.75 Å². The zero-order valence-electron chi connectivity index (χ0n) is 8.81. The Hall–Kier alpha value is -2.83. The van der Waals surface area contributed by atoms with Gasteiger partial charge in [-0.1, -0.05) is 0 Å². The summed E-state index contributed by atoms with van der Waals surface area (Å²) in [4.78, 5) is 38.2. The van der Waals surface area contributed by atoms with Crippen molar-refractivity contribution >= 4 is 11.1 Å². The van der Waals surface area contributed by atoms with E-state index < -0.39 is 22.4 Å². The molecule has 0 spiro atoms. The lowest BCUT2D eigenvalue weighted by molar-refractivity contribution is 0.469. The molecular weight excluding hydrogens is 240 g/mol. The van der Waals surface area contributed by atoms with E-state index in [2.05, 4.69) is 9.97 Å². The van der Waals surface area contributed by atoms with Crippen LogP contribution in [-0.2, 0) is 0 Å². The van der Waals surface area contributed by atoms with Crippen LogP contribution in [0.4, 0.5) is 0 Å². The smallest absolute Gasteiger partial charge is 0.328 e. The van der Waals surface area contributed by atoms with Crippen molar-refractivity contribution in [1.82, 2.24) is 9.97 Å². The van der Waals surface area contributed by atoms with E-state index in [4.69, 9.17) is 4.42 Å². The molecule has 1 aliphatic carbocycles. The molecule has 1 aromatic rings. The first-order chi connectivity index (χ1) is 8.54. The number of benzene rings is 1. The van der Waals surface area contributed by atoms with Crippen molar-refractivity contribution in [2.45, 2.75) is 0 Å². The lowest BCUT2D eigenvalue weighted by Crippen LogP contribution is -2.22. The van der Waals surface area contributed by atoms with Crippen LogP contribution < -0.4 is 16.7 Å². The van der Waals surface area contributed by atoms with E-state index in [0.717, 1.165) is 6.07 Å². The van der Waals surface area contributed by atoms with E-state index >= 15 is 0 Å². The van der Waals surface area contributed by atoms with Gasteiger partial charge >= 0.3 is 5.69 Å². The van der Waals surface area contributed by atoms with Crippen LogP contribution in [-0.4, -0.2) is 15.1 Å². The standard InChI is InChI=1S/C11H6N2O5/c14-6-2-4-1-5-9(16)12-11(17)13-10(5)18-8(4)3-7(6)15/h1-3,14H,(H2,12,13,16,17). The van der Waals surface area contributed by atoms with Gasteiger partial charge in [-0.3, -0.25) is 19.6 Å². The minimum absolute atomic E-state index is 0.0265. The third kappa shape index (κ3) is 1.41. The van der Waals surface area contributed by atoms with Gasteiger partial charge in [-0.2, -0.15) is 0 Å². The monoisotopic (exact) mass is 246 g/mol. The van der Waals surface area contributed by atoms with Crippen molar-refractivity contribution in [2.75, 3.05) is 0 Å². The molecule has 0 unspecified atom stereocenters. The second-order valence-electron chi connectivity index (χ2n) is 3.76. The first-order valence-electron chi connectivity index (χ1n) is 4.98. The lowest BCUT2D eigenvalue weighted by Gasteiger charge is -2.05. The molecule has 0 amide bonds. The molecule has 1 aliphatic heterocycles. The van der Waals surface area contributed by atoms with Crippen molar-refractivity contribution in [3.8, 4) is 17.1 Å². The molecule has 90 valence electrons. The summed E-state index contributed by atoms with van der Waals surface area (Å²) in [5.74, 6) is -0.260. The third-order valence-electron chi connectivity index (χ3n) is 2.55. The van der Waals surface area contributed by atoms with Crippen LogP contribution in [0.25, 0.3) is 22.4 Å². The molecule has 1 aromatic heterocycles. The lowest BCUT2D eigenvalue weighted by atomic mass is 10.1. The Morgan fingerprint density at radius 1 is 1.06 bits per heavy atom. The highest BCUT2D eigenvalue weighted by Gasteiger charge is 2.13. The van der Waals surface area contributed by atoms with E-state index in [0.29, 0.717) is 5.56 Å². The Bertz CT molecular complexity index is 902. The van der Waals surface area contributed by atoms with Crippen molar-refractivity contribution in [2.24, 2.45) is 0 Å². The first-order valence-corrected chi connectivity index (χ1v) is 4.98. The van der Waals surface area contributed by atoms with Gasteiger partial charge in [0.2, 0.25) is 11.1 Å². The van der Waals surface area contributed by atoms with Gasteiger partial charge in [-0.05, 0) is 12.1 Å². The number of aromatic hydroxyl groups is 1. The van der Waals surface area contributed by atoms with Crippen molar-refractivity contribution in [1.29, 1.82) is 0 Å². The fraction of sp³-hybridized carbons (Fsp3) is 0. The number of H-pyrrole nitrogens is 2. The minimum atomic E-state index is -0.697. The van der Waals surface area contributed by atoms with Crippen LogP contribution in [0.3, 0.4) is 0 Å². The molecule has 7 heteroatoms. The molecular formula is C11H6N2O5. The Morgan fingerprint density at radius 2 is 1.83 bits per heavy atom. The average molecular weight is 246 g/mol. The summed E-state index contributed by atoms with van der Waals surface area (Å²) in [6, 6.07) is 3.71. The van der Waals surface area contributed by atoms with Crippen LogP contribution in [0.1, 0.15) is 0 Å². The number of fused-ring (bicyclic) bond motifs is 2. The van der Waals surface area contributed by atoms with Crippen LogP contribution in [0, 0.1) is 0 Å². The molecule has 0 bridgehead atoms. The largest absolute Gasteiger partial charge is 0.504 e. The molecule has 0 aromatic carbocycles. The SMILES string of the molecule is O=c1[nH]c(=O)c2cc3cc(O)c(=O)cc-3oc2[nH]1. The average Bonchev–Trinajstić information content (AvgIpc) is 2.29.